The van der Waals surface area contributed by atoms with Crippen molar-refractivity contribution in [1.29, 1.82) is 0 Å². The lowest BCUT2D eigenvalue weighted by atomic mass is 10.2. The van der Waals surface area contributed by atoms with E-state index in [2.05, 4.69) is 20.4 Å². The first-order valence-electron chi connectivity index (χ1n) is 8.97. The quantitative estimate of drug-likeness (QED) is 0.342. The summed E-state index contributed by atoms with van der Waals surface area (Å²) in [6, 6.07) is 11.2. The number of hydrogen-bond donors (Lipinski definition) is 2. The van der Waals surface area contributed by atoms with Gasteiger partial charge in [0.15, 0.2) is 5.96 Å². The summed E-state index contributed by atoms with van der Waals surface area (Å²) in [6.07, 6.45) is -2.55. The number of rotatable bonds is 10. The minimum atomic E-state index is -2.95. The number of aliphatic imine (C=N–C) groups is 1. The highest BCUT2D eigenvalue weighted by atomic mass is 19.3. The summed E-state index contributed by atoms with van der Waals surface area (Å²) in [5.41, 5.74) is 1.24. The number of nitrogens with zero attached hydrogens (tertiary/aromatic N) is 1. The summed E-state index contributed by atoms with van der Waals surface area (Å²) < 4.78 is 64.5. The van der Waals surface area contributed by atoms with Crippen LogP contribution in [0.15, 0.2) is 47.5 Å². The maximum atomic E-state index is 12.6. The normalized spacial score (nSPS) is 11.5. The van der Waals surface area contributed by atoms with E-state index in [1.807, 2.05) is 0 Å². The Morgan fingerprint density at radius 2 is 1.77 bits per heavy atom. The molecule has 0 heterocycles. The molecule has 0 atom stereocenters. The number of methoxy groups -OCH3 is 1. The van der Waals surface area contributed by atoms with Gasteiger partial charge >= 0.3 is 6.61 Å². The average Bonchev–Trinajstić information content (AvgIpc) is 2.73. The first-order chi connectivity index (χ1) is 14.4. The fourth-order valence-corrected chi connectivity index (χ4v) is 2.52. The van der Waals surface area contributed by atoms with Crippen molar-refractivity contribution in [1.82, 2.24) is 10.6 Å². The van der Waals surface area contributed by atoms with E-state index in [4.69, 9.17) is 9.47 Å². The third kappa shape index (κ3) is 7.69. The van der Waals surface area contributed by atoms with Crippen LogP contribution in [0.3, 0.4) is 0 Å². The van der Waals surface area contributed by atoms with E-state index in [-0.39, 0.29) is 12.3 Å². The van der Waals surface area contributed by atoms with Crippen LogP contribution in [0.2, 0.25) is 0 Å². The number of hydrogen-bond acceptors (Lipinski definition) is 4. The number of alkyl halides is 4. The van der Waals surface area contributed by atoms with E-state index in [0.29, 0.717) is 29.6 Å². The molecule has 0 amide bonds. The molecule has 0 aliphatic rings. The number of guanidine groups is 1. The highest BCUT2D eigenvalue weighted by molar-refractivity contribution is 5.79. The summed E-state index contributed by atoms with van der Waals surface area (Å²) in [5, 5.41) is 6.06. The standard InChI is InChI=1S/C20H23F4N3O3/c1-25-20(26-10-13-4-3-5-16(8-13)29-12-18(21)22)27-11-14-9-15(28-2)6-7-17(14)30-19(23)24/h3-9,18-19H,10-12H2,1-2H3,(H2,25,26,27). The molecule has 0 aliphatic heterocycles. The molecule has 0 radical (unpaired) electrons. The molecule has 0 unspecified atom stereocenters. The van der Waals surface area contributed by atoms with Crippen LogP contribution in [0.1, 0.15) is 11.1 Å². The molecule has 6 nitrogen and oxygen atoms in total. The van der Waals surface area contributed by atoms with Crippen LogP contribution in [0.4, 0.5) is 17.6 Å². The van der Waals surface area contributed by atoms with Crippen LogP contribution >= 0.6 is 0 Å². The third-order valence-electron chi connectivity index (χ3n) is 3.89. The molecule has 0 saturated carbocycles. The Labute approximate surface area is 171 Å². The van der Waals surface area contributed by atoms with Crippen molar-refractivity contribution in [2.75, 3.05) is 20.8 Å². The Morgan fingerprint density at radius 3 is 2.43 bits per heavy atom. The van der Waals surface area contributed by atoms with Crippen molar-refractivity contribution in [3.63, 3.8) is 0 Å². The van der Waals surface area contributed by atoms with Crippen LogP contribution in [-0.4, -0.2) is 39.8 Å². The van der Waals surface area contributed by atoms with Crippen LogP contribution in [0, 0.1) is 0 Å². The summed E-state index contributed by atoms with van der Waals surface area (Å²) in [6.45, 7) is -3.14. The topological polar surface area (TPSA) is 64.1 Å². The van der Waals surface area contributed by atoms with Gasteiger partial charge in [-0.3, -0.25) is 4.99 Å². The lowest BCUT2D eigenvalue weighted by Crippen LogP contribution is -2.36. The van der Waals surface area contributed by atoms with Gasteiger partial charge in [-0.1, -0.05) is 12.1 Å². The zero-order chi connectivity index (χ0) is 21.9. The molecular formula is C20H23F4N3O3. The molecule has 0 fully saturated rings. The maximum Gasteiger partial charge on any atom is 0.387 e. The number of nitrogens with one attached hydrogen (secondary N) is 2. The molecular weight excluding hydrogens is 406 g/mol. The van der Waals surface area contributed by atoms with Gasteiger partial charge in [-0.15, -0.1) is 0 Å². The molecule has 0 saturated heterocycles. The van der Waals surface area contributed by atoms with Gasteiger partial charge < -0.3 is 24.8 Å². The van der Waals surface area contributed by atoms with Gasteiger partial charge in [0.25, 0.3) is 6.43 Å². The highest BCUT2D eigenvalue weighted by Gasteiger charge is 2.12. The minimum Gasteiger partial charge on any atom is -0.497 e. The van der Waals surface area contributed by atoms with Gasteiger partial charge in [0.2, 0.25) is 0 Å². The van der Waals surface area contributed by atoms with Crippen molar-refractivity contribution >= 4 is 5.96 Å². The molecule has 2 N–H and O–H groups in total. The fourth-order valence-electron chi connectivity index (χ4n) is 2.52. The molecule has 164 valence electrons. The zero-order valence-electron chi connectivity index (χ0n) is 16.5. The zero-order valence-corrected chi connectivity index (χ0v) is 16.5. The third-order valence-corrected chi connectivity index (χ3v) is 3.89. The number of ether oxygens (including phenoxy) is 3. The van der Waals surface area contributed by atoms with Gasteiger partial charge in [-0.25, -0.2) is 8.78 Å². The Balaban J connectivity index is 1.96. The SMILES string of the molecule is CN=C(NCc1cccc(OCC(F)F)c1)NCc1cc(OC)ccc1OC(F)F. The number of halogens is 4. The molecule has 2 rings (SSSR count). The molecule has 0 aliphatic carbocycles. The summed E-state index contributed by atoms with van der Waals surface area (Å²) in [5.74, 6) is 1.26. The van der Waals surface area contributed by atoms with Gasteiger partial charge in [0, 0.05) is 25.7 Å². The Morgan fingerprint density at radius 1 is 1.00 bits per heavy atom. The smallest absolute Gasteiger partial charge is 0.387 e. The highest BCUT2D eigenvalue weighted by Crippen LogP contribution is 2.25. The predicted molar refractivity (Wildman–Crippen MR) is 105 cm³/mol. The second-order valence-electron chi connectivity index (χ2n) is 5.98. The second-order valence-corrected chi connectivity index (χ2v) is 5.98. The summed E-state index contributed by atoms with van der Waals surface area (Å²) in [7, 11) is 3.03. The molecule has 2 aromatic carbocycles. The monoisotopic (exact) mass is 429 g/mol. The van der Waals surface area contributed by atoms with E-state index < -0.39 is 19.6 Å². The molecule has 10 heteroatoms. The van der Waals surface area contributed by atoms with Crippen LogP contribution in [0.25, 0.3) is 0 Å². The van der Waals surface area contributed by atoms with Gasteiger partial charge in [0.1, 0.15) is 23.9 Å². The van der Waals surface area contributed by atoms with E-state index in [1.54, 1.807) is 37.4 Å². The first-order valence-corrected chi connectivity index (χ1v) is 8.97. The summed E-state index contributed by atoms with van der Waals surface area (Å²) in [4.78, 5) is 4.08. The van der Waals surface area contributed by atoms with Crippen molar-refractivity contribution in [3.8, 4) is 17.2 Å². The van der Waals surface area contributed by atoms with Gasteiger partial charge in [0.05, 0.1) is 7.11 Å². The predicted octanol–water partition coefficient (Wildman–Crippen LogP) is 3.81. The van der Waals surface area contributed by atoms with E-state index in [1.165, 1.54) is 19.2 Å². The summed E-state index contributed by atoms with van der Waals surface area (Å²) >= 11 is 0. The Hall–Kier alpha value is -3.17. The molecule has 2 aromatic rings. The second kappa shape index (κ2) is 11.7. The van der Waals surface area contributed by atoms with Crippen molar-refractivity contribution < 1.29 is 31.8 Å². The van der Waals surface area contributed by atoms with Crippen molar-refractivity contribution in [2.45, 2.75) is 26.1 Å². The molecule has 0 spiro atoms. The van der Waals surface area contributed by atoms with Gasteiger partial charge in [-0.05, 0) is 35.9 Å². The fraction of sp³-hybridized carbons (Fsp3) is 0.350. The van der Waals surface area contributed by atoms with E-state index >= 15 is 0 Å². The Kier molecular flexibility index (Phi) is 9.04. The van der Waals surface area contributed by atoms with Crippen LogP contribution < -0.4 is 24.8 Å². The molecule has 0 aromatic heterocycles. The number of benzene rings is 2. The molecule has 30 heavy (non-hydrogen) atoms. The minimum absolute atomic E-state index is 0.0256. The lowest BCUT2D eigenvalue weighted by molar-refractivity contribution is -0.0505. The van der Waals surface area contributed by atoms with Crippen molar-refractivity contribution in [2.24, 2.45) is 4.99 Å². The first kappa shape index (κ1) is 23.1. The average molecular weight is 429 g/mol. The Bertz CT molecular complexity index is 835. The van der Waals surface area contributed by atoms with E-state index in [0.717, 1.165) is 5.56 Å². The molecule has 0 bridgehead atoms. The maximum absolute atomic E-state index is 12.6. The van der Waals surface area contributed by atoms with Crippen LogP contribution in [-0.2, 0) is 13.1 Å². The largest absolute Gasteiger partial charge is 0.497 e. The van der Waals surface area contributed by atoms with E-state index in [9.17, 15) is 17.6 Å². The van der Waals surface area contributed by atoms with Crippen molar-refractivity contribution in [3.05, 3.63) is 53.6 Å². The lowest BCUT2D eigenvalue weighted by Gasteiger charge is -2.16. The van der Waals surface area contributed by atoms with Crippen LogP contribution in [0.5, 0.6) is 17.2 Å². The van der Waals surface area contributed by atoms with Gasteiger partial charge in [-0.2, -0.15) is 8.78 Å².